The van der Waals surface area contributed by atoms with Crippen LogP contribution in [0, 0.1) is 0 Å². The van der Waals surface area contributed by atoms with Crippen molar-refractivity contribution in [3.05, 3.63) is 107 Å². The standard InChI is InChI=1S/C29H28F3N5O2/c1-36(22-11-12-22)27(20-7-4-10-24(38)15-20)19-6-3-8-21(14-19)34-28(39)25-16-26(29(30,31)32)35-37(25)23-9-2-5-18(13-23)17-33/h2-10,13-16,22,27,38H,11-12,17,33H2,1H3,(H,34,39). The predicted molar refractivity (Wildman–Crippen MR) is 142 cm³/mol. The van der Waals surface area contributed by atoms with Crippen molar-refractivity contribution in [3.63, 3.8) is 0 Å². The normalized spacial score (nSPS) is 14.4. The molecule has 4 N–H and O–H groups in total. The van der Waals surface area contributed by atoms with Crippen LogP contribution in [0.15, 0.2) is 78.9 Å². The number of hydrogen-bond donors (Lipinski definition) is 3. The van der Waals surface area contributed by atoms with E-state index in [4.69, 9.17) is 5.73 Å². The van der Waals surface area contributed by atoms with Gasteiger partial charge >= 0.3 is 6.18 Å². The van der Waals surface area contributed by atoms with E-state index < -0.39 is 17.8 Å². The number of hydrogen-bond acceptors (Lipinski definition) is 5. The van der Waals surface area contributed by atoms with Gasteiger partial charge in [0.2, 0.25) is 0 Å². The average molecular weight is 536 g/mol. The lowest BCUT2D eigenvalue weighted by molar-refractivity contribution is -0.141. The molecule has 1 fully saturated rings. The fraction of sp³-hybridized carbons (Fsp3) is 0.241. The number of nitrogens with one attached hydrogen (secondary N) is 1. The van der Waals surface area contributed by atoms with Crippen molar-refractivity contribution in [1.82, 2.24) is 14.7 Å². The van der Waals surface area contributed by atoms with Gasteiger partial charge in [-0.25, -0.2) is 4.68 Å². The highest BCUT2D eigenvalue weighted by Crippen LogP contribution is 2.38. The van der Waals surface area contributed by atoms with Crippen molar-refractivity contribution in [2.24, 2.45) is 5.73 Å². The first-order valence-electron chi connectivity index (χ1n) is 12.5. The van der Waals surface area contributed by atoms with Crippen molar-refractivity contribution >= 4 is 11.6 Å². The van der Waals surface area contributed by atoms with Crippen LogP contribution in [-0.4, -0.2) is 38.8 Å². The van der Waals surface area contributed by atoms with Crippen LogP contribution in [0.25, 0.3) is 5.69 Å². The lowest BCUT2D eigenvalue weighted by Gasteiger charge is -2.29. The number of phenols is 1. The Kier molecular flexibility index (Phi) is 7.16. The van der Waals surface area contributed by atoms with Gasteiger partial charge < -0.3 is 16.2 Å². The number of nitrogens with two attached hydrogens (primary N) is 1. The fourth-order valence-electron chi connectivity index (χ4n) is 4.73. The minimum atomic E-state index is -4.73. The number of phenolic OH excluding ortho intramolecular Hbond substituents is 1. The van der Waals surface area contributed by atoms with Crippen LogP contribution >= 0.6 is 0 Å². The Morgan fingerprint density at radius 1 is 1.08 bits per heavy atom. The summed E-state index contributed by atoms with van der Waals surface area (Å²) in [4.78, 5) is 15.6. The van der Waals surface area contributed by atoms with Crippen molar-refractivity contribution in [3.8, 4) is 11.4 Å². The van der Waals surface area contributed by atoms with E-state index >= 15 is 0 Å². The number of amides is 1. The molecule has 1 aliphatic rings. The lowest BCUT2D eigenvalue weighted by atomic mass is 9.96. The number of halogens is 3. The maximum absolute atomic E-state index is 13.6. The number of benzene rings is 3. The number of nitrogens with zero attached hydrogens (tertiary/aromatic N) is 3. The number of aromatic hydroxyl groups is 1. The minimum absolute atomic E-state index is 0.151. The lowest BCUT2D eigenvalue weighted by Crippen LogP contribution is -2.27. The van der Waals surface area contributed by atoms with E-state index in [-0.39, 0.29) is 24.0 Å². The number of anilines is 1. The molecule has 3 aromatic carbocycles. The van der Waals surface area contributed by atoms with Gasteiger partial charge in [-0.2, -0.15) is 18.3 Å². The third kappa shape index (κ3) is 5.81. The Bertz CT molecular complexity index is 1500. The summed E-state index contributed by atoms with van der Waals surface area (Å²) in [6.45, 7) is 0.186. The van der Waals surface area contributed by atoms with Gasteiger partial charge in [0.15, 0.2) is 5.69 Å². The second-order valence-corrected chi connectivity index (χ2v) is 9.67. The van der Waals surface area contributed by atoms with E-state index in [2.05, 4.69) is 15.3 Å². The maximum atomic E-state index is 13.6. The van der Waals surface area contributed by atoms with E-state index in [0.717, 1.165) is 34.7 Å². The number of carbonyl (C=O) groups excluding carboxylic acids is 1. The zero-order valence-corrected chi connectivity index (χ0v) is 21.2. The molecule has 0 saturated heterocycles. The van der Waals surface area contributed by atoms with Crippen LogP contribution in [-0.2, 0) is 12.7 Å². The molecule has 1 saturated carbocycles. The molecule has 5 rings (SSSR count). The molecule has 4 aromatic rings. The topological polar surface area (TPSA) is 96.4 Å². The summed E-state index contributed by atoms with van der Waals surface area (Å²) in [5.41, 5.74) is 7.42. The van der Waals surface area contributed by atoms with E-state index in [1.54, 1.807) is 60.7 Å². The van der Waals surface area contributed by atoms with Crippen LogP contribution in [0.2, 0.25) is 0 Å². The highest BCUT2D eigenvalue weighted by Gasteiger charge is 2.36. The molecule has 0 aliphatic heterocycles. The monoisotopic (exact) mass is 535 g/mol. The van der Waals surface area contributed by atoms with Crippen molar-refractivity contribution in [2.75, 3.05) is 12.4 Å². The van der Waals surface area contributed by atoms with Gasteiger partial charge in [-0.3, -0.25) is 9.69 Å². The summed E-state index contributed by atoms with van der Waals surface area (Å²) in [6.07, 6.45) is -2.59. The quantitative estimate of drug-likeness (QED) is 0.277. The fourth-order valence-corrected chi connectivity index (χ4v) is 4.73. The summed E-state index contributed by atoms with van der Waals surface area (Å²) in [5.74, 6) is -0.587. The highest BCUT2D eigenvalue weighted by atomic mass is 19.4. The molecule has 202 valence electrons. The molecule has 1 heterocycles. The summed E-state index contributed by atoms with van der Waals surface area (Å²) in [5, 5.41) is 16.5. The summed E-state index contributed by atoms with van der Waals surface area (Å²) < 4.78 is 41.7. The van der Waals surface area contributed by atoms with Crippen LogP contribution < -0.4 is 11.1 Å². The zero-order chi connectivity index (χ0) is 27.7. The third-order valence-electron chi connectivity index (χ3n) is 6.80. The summed E-state index contributed by atoms with van der Waals surface area (Å²) >= 11 is 0. The number of alkyl halides is 3. The summed E-state index contributed by atoms with van der Waals surface area (Å²) in [6, 6.07) is 21.7. The first-order chi connectivity index (χ1) is 18.6. The molecule has 39 heavy (non-hydrogen) atoms. The van der Waals surface area contributed by atoms with Crippen molar-refractivity contribution in [1.29, 1.82) is 0 Å². The molecule has 1 atom stereocenters. The molecule has 1 unspecified atom stereocenters. The molecule has 1 amide bonds. The van der Waals surface area contributed by atoms with Gasteiger partial charge in [-0.1, -0.05) is 36.4 Å². The molecule has 0 bridgehead atoms. The zero-order valence-electron chi connectivity index (χ0n) is 21.2. The molecule has 7 nitrogen and oxygen atoms in total. The van der Waals surface area contributed by atoms with Gasteiger partial charge in [-0.05, 0) is 73.0 Å². The molecule has 0 spiro atoms. The highest BCUT2D eigenvalue weighted by molar-refractivity contribution is 6.03. The van der Waals surface area contributed by atoms with E-state index in [9.17, 15) is 23.1 Å². The van der Waals surface area contributed by atoms with E-state index in [0.29, 0.717) is 23.0 Å². The van der Waals surface area contributed by atoms with Crippen LogP contribution in [0.1, 0.15) is 51.8 Å². The first kappa shape index (κ1) is 26.5. The molecular weight excluding hydrogens is 507 g/mol. The molecular formula is C29H28F3N5O2. The summed E-state index contributed by atoms with van der Waals surface area (Å²) in [7, 11) is 2.02. The maximum Gasteiger partial charge on any atom is 0.435 e. The smallest absolute Gasteiger partial charge is 0.435 e. The molecule has 0 radical (unpaired) electrons. The van der Waals surface area contributed by atoms with Gasteiger partial charge in [-0.15, -0.1) is 0 Å². The number of carbonyl (C=O) groups is 1. The largest absolute Gasteiger partial charge is 0.508 e. The molecule has 1 aromatic heterocycles. The third-order valence-corrected chi connectivity index (χ3v) is 6.80. The minimum Gasteiger partial charge on any atom is -0.508 e. The van der Waals surface area contributed by atoms with Crippen molar-refractivity contribution in [2.45, 2.75) is 37.6 Å². The second-order valence-electron chi connectivity index (χ2n) is 9.67. The van der Waals surface area contributed by atoms with Crippen LogP contribution in [0.3, 0.4) is 0 Å². The predicted octanol–water partition coefficient (Wildman–Crippen LogP) is 5.49. The van der Waals surface area contributed by atoms with Crippen molar-refractivity contribution < 1.29 is 23.1 Å². The Balaban J connectivity index is 1.49. The first-order valence-corrected chi connectivity index (χ1v) is 12.5. The SMILES string of the molecule is CN(C1CC1)C(c1cccc(O)c1)c1cccc(NC(=O)c2cc(C(F)(F)F)nn2-c2cccc(CN)c2)c1. The Morgan fingerprint density at radius 2 is 1.77 bits per heavy atom. The van der Waals surface area contributed by atoms with E-state index in [1.165, 1.54) is 0 Å². The Hall–Kier alpha value is -4.15. The average Bonchev–Trinajstić information content (AvgIpc) is 3.65. The Labute approximate surface area is 223 Å². The van der Waals surface area contributed by atoms with Gasteiger partial charge in [0, 0.05) is 24.3 Å². The number of aromatic nitrogens is 2. The number of rotatable bonds is 8. The molecule has 10 heteroatoms. The Morgan fingerprint density at radius 3 is 2.44 bits per heavy atom. The second kappa shape index (κ2) is 10.5. The van der Waals surface area contributed by atoms with Crippen LogP contribution in [0.5, 0.6) is 5.75 Å². The van der Waals surface area contributed by atoms with Gasteiger partial charge in [0.1, 0.15) is 11.4 Å². The van der Waals surface area contributed by atoms with E-state index in [1.807, 2.05) is 19.2 Å². The van der Waals surface area contributed by atoms with Gasteiger partial charge in [0.25, 0.3) is 5.91 Å². The molecule has 1 aliphatic carbocycles. The van der Waals surface area contributed by atoms with Gasteiger partial charge in [0.05, 0.1) is 11.7 Å². The van der Waals surface area contributed by atoms with Crippen LogP contribution in [0.4, 0.5) is 18.9 Å².